The number of hydrogen-bond acceptors (Lipinski definition) is 6. The lowest BCUT2D eigenvalue weighted by atomic mass is 10.1. The normalized spacial score (nSPS) is 14.4. The van der Waals surface area contributed by atoms with Crippen molar-refractivity contribution >= 4 is 17.6 Å². The van der Waals surface area contributed by atoms with Gasteiger partial charge in [0.25, 0.3) is 11.8 Å². The molecule has 0 bridgehead atoms. The first kappa shape index (κ1) is 21.4. The van der Waals surface area contributed by atoms with Gasteiger partial charge in [0.2, 0.25) is 5.76 Å². The third-order valence-corrected chi connectivity index (χ3v) is 5.05. The van der Waals surface area contributed by atoms with Crippen LogP contribution in [0.15, 0.2) is 35.3 Å². The highest BCUT2D eigenvalue weighted by Crippen LogP contribution is 2.35. The number of aryl methyl sites for hydroxylation is 1. The number of fused-ring (bicyclic) bond motifs is 1. The number of amides is 2. The maximum absolute atomic E-state index is 13.0. The number of rotatable bonds is 6. The van der Waals surface area contributed by atoms with Gasteiger partial charge in [-0.3, -0.25) is 9.59 Å². The van der Waals surface area contributed by atoms with Crippen LogP contribution in [0.4, 0.5) is 19.0 Å². The Morgan fingerprint density at radius 2 is 2.22 bits per heavy atom. The van der Waals surface area contributed by atoms with Crippen molar-refractivity contribution in [2.24, 2.45) is 0 Å². The summed E-state index contributed by atoms with van der Waals surface area (Å²) in [5, 5.41) is 2.61. The fourth-order valence-electron chi connectivity index (χ4n) is 3.43. The lowest BCUT2D eigenvalue weighted by Gasteiger charge is -2.23. The van der Waals surface area contributed by atoms with E-state index in [1.54, 1.807) is 26.0 Å². The molecule has 4 heterocycles. The Morgan fingerprint density at radius 3 is 2.91 bits per heavy atom. The molecule has 0 aromatic carbocycles. The Kier molecular flexibility index (Phi) is 5.36. The summed E-state index contributed by atoms with van der Waals surface area (Å²) < 4.78 is 47.2. The molecule has 9 nitrogen and oxygen atoms in total. The van der Waals surface area contributed by atoms with E-state index in [2.05, 4.69) is 20.3 Å². The average Bonchev–Trinajstić information content (AvgIpc) is 3.46. The van der Waals surface area contributed by atoms with Crippen LogP contribution in [0.1, 0.15) is 50.7 Å². The number of alkyl halides is 3. The summed E-state index contributed by atoms with van der Waals surface area (Å²) in [6.45, 7) is 2.07. The lowest BCUT2D eigenvalue weighted by molar-refractivity contribution is -0.154. The van der Waals surface area contributed by atoms with E-state index in [4.69, 9.17) is 9.15 Å². The molecular formula is C20H18F3N5O4. The van der Waals surface area contributed by atoms with Crippen LogP contribution in [-0.2, 0) is 6.54 Å². The Morgan fingerprint density at radius 1 is 1.44 bits per heavy atom. The van der Waals surface area contributed by atoms with Crippen LogP contribution in [0, 0.1) is 6.92 Å². The van der Waals surface area contributed by atoms with Crippen LogP contribution in [0.2, 0.25) is 0 Å². The molecule has 2 N–H and O–H groups in total. The molecule has 0 spiro atoms. The first-order chi connectivity index (χ1) is 15.1. The molecule has 3 aromatic heterocycles. The summed E-state index contributed by atoms with van der Waals surface area (Å²) in [7, 11) is 0. The zero-order chi connectivity index (χ0) is 23.0. The monoisotopic (exact) mass is 449 g/mol. The Bertz CT molecular complexity index is 1160. The third-order valence-electron chi connectivity index (χ3n) is 5.05. The molecule has 2 amide bonds. The van der Waals surface area contributed by atoms with Gasteiger partial charge in [-0.2, -0.15) is 13.2 Å². The van der Waals surface area contributed by atoms with Crippen molar-refractivity contribution in [3.63, 3.8) is 0 Å². The van der Waals surface area contributed by atoms with Crippen molar-refractivity contribution in [1.82, 2.24) is 19.9 Å². The van der Waals surface area contributed by atoms with Gasteiger partial charge in [-0.1, -0.05) is 0 Å². The molecule has 1 aliphatic heterocycles. The van der Waals surface area contributed by atoms with E-state index in [0.29, 0.717) is 22.4 Å². The van der Waals surface area contributed by atoms with Crippen LogP contribution >= 0.6 is 0 Å². The van der Waals surface area contributed by atoms with Gasteiger partial charge in [-0.25, -0.2) is 9.97 Å². The molecule has 1 unspecified atom stereocenters. The quantitative estimate of drug-likeness (QED) is 0.594. The molecule has 0 aliphatic carbocycles. The molecule has 0 fully saturated rings. The highest BCUT2D eigenvalue weighted by atomic mass is 19.4. The highest BCUT2D eigenvalue weighted by Gasteiger charge is 2.35. The number of H-pyrrole nitrogens is 1. The van der Waals surface area contributed by atoms with E-state index in [0.717, 1.165) is 6.39 Å². The minimum atomic E-state index is -4.46. The molecule has 1 aliphatic rings. The second-order valence-corrected chi connectivity index (χ2v) is 7.26. The van der Waals surface area contributed by atoms with Crippen LogP contribution in [0.5, 0.6) is 5.88 Å². The third kappa shape index (κ3) is 4.15. The Labute approximate surface area is 179 Å². The molecule has 168 valence electrons. The predicted octanol–water partition coefficient (Wildman–Crippen LogP) is 3.62. The molecule has 0 saturated heterocycles. The van der Waals surface area contributed by atoms with Crippen LogP contribution in [-0.4, -0.2) is 44.4 Å². The second-order valence-electron chi connectivity index (χ2n) is 7.26. The summed E-state index contributed by atoms with van der Waals surface area (Å²) >= 11 is 0. The number of ether oxygens (including phenoxy) is 1. The van der Waals surface area contributed by atoms with Gasteiger partial charge in [0.15, 0.2) is 18.9 Å². The number of nitrogens with one attached hydrogen (secondary N) is 2. The van der Waals surface area contributed by atoms with Gasteiger partial charge in [-0.15, -0.1) is 0 Å². The highest BCUT2D eigenvalue weighted by molar-refractivity contribution is 6.05. The summed E-state index contributed by atoms with van der Waals surface area (Å²) in [6, 6.07) is 2.68. The predicted molar refractivity (Wildman–Crippen MR) is 104 cm³/mol. The van der Waals surface area contributed by atoms with Crippen LogP contribution < -0.4 is 10.1 Å². The van der Waals surface area contributed by atoms with Crippen molar-refractivity contribution in [3.8, 4) is 5.88 Å². The maximum atomic E-state index is 13.0. The molecule has 1 atom stereocenters. The topological polar surface area (TPSA) is 113 Å². The molecule has 12 heteroatoms. The second kappa shape index (κ2) is 8.02. The first-order valence-corrected chi connectivity index (χ1v) is 9.52. The minimum absolute atomic E-state index is 0.00462. The van der Waals surface area contributed by atoms with Crippen molar-refractivity contribution in [3.05, 3.63) is 59.1 Å². The van der Waals surface area contributed by atoms with Crippen LogP contribution in [0.3, 0.4) is 0 Å². The lowest BCUT2D eigenvalue weighted by Crippen LogP contribution is -2.27. The smallest absolute Gasteiger partial charge is 0.422 e. The van der Waals surface area contributed by atoms with E-state index < -0.39 is 24.7 Å². The number of anilines is 1. The minimum Gasteiger partial charge on any atom is -0.469 e. The van der Waals surface area contributed by atoms with E-state index in [9.17, 15) is 22.8 Å². The number of aromatic amines is 1. The summed E-state index contributed by atoms with van der Waals surface area (Å²) in [4.78, 5) is 37.5. The molecule has 32 heavy (non-hydrogen) atoms. The number of aromatic nitrogens is 3. The number of carbonyl (C=O) groups excluding carboxylic acids is 2. The van der Waals surface area contributed by atoms with E-state index >= 15 is 0 Å². The largest absolute Gasteiger partial charge is 0.469 e. The zero-order valence-electron chi connectivity index (χ0n) is 17.0. The molecule has 0 radical (unpaired) electrons. The zero-order valence-corrected chi connectivity index (χ0v) is 17.0. The summed E-state index contributed by atoms with van der Waals surface area (Å²) in [5.41, 5.74) is 1.90. The number of hydrogen-bond donors (Lipinski definition) is 2. The Hall–Kier alpha value is -3.83. The standard InChI is InChI=1S/C20H18F3N5O4/c1-10-5-14(26-18(10)31-8-20(21,22)23)11(2)28-7-13-12(19(28)30)3-4-25-16(13)27-17(29)15-6-24-9-32-15/h3-6,9,11,26H,7-8H2,1-2H3,(H,25,27,29). The van der Waals surface area contributed by atoms with Gasteiger partial charge >= 0.3 is 6.18 Å². The van der Waals surface area contributed by atoms with Gasteiger partial charge in [-0.05, 0) is 26.0 Å². The van der Waals surface area contributed by atoms with Gasteiger partial charge in [0, 0.05) is 28.6 Å². The first-order valence-electron chi connectivity index (χ1n) is 9.52. The number of pyridine rings is 1. The Balaban J connectivity index is 1.53. The fourth-order valence-corrected chi connectivity index (χ4v) is 3.43. The fraction of sp³-hybridized carbons (Fsp3) is 0.300. The van der Waals surface area contributed by atoms with E-state index in [1.165, 1.54) is 17.3 Å². The average molecular weight is 449 g/mol. The number of halogens is 3. The number of nitrogens with zero attached hydrogens (tertiary/aromatic N) is 3. The molecule has 3 aromatic rings. The number of oxazole rings is 1. The van der Waals surface area contributed by atoms with Crippen molar-refractivity contribution in [2.75, 3.05) is 11.9 Å². The van der Waals surface area contributed by atoms with E-state index in [-0.39, 0.29) is 29.9 Å². The number of carbonyl (C=O) groups is 2. The summed E-state index contributed by atoms with van der Waals surface area (Å²) in [6.07, 6.45) is -0.683. The van der Waals surface area contributed by atoms with Gasteiger partial charge < -0.3 is 24.4 Å². The maximum Gasteiger partial charge on any atom is 0.422 e. The van der Waals surface area contributed by atoms with Crippen LogP contribution in [0.25, 0.3) is 0 Å². The summed E-state index contributed by atoms with van der Waals surface area (Å²) in [5.74, 6) is -0.658. The van der Waals surface area contributed by atoms with Crippen molar-refractivity contribution < 1.29 is 31.9 Å². The molecular weight excluding hydrogens is 431 g/mol. The SMILES string of the molecule is Cc1cc(C(C)N2Cc3c(ccnc3NC(=O)c3cnco3)C2=O)[nH]c1OCC(F)(F)F. The van der Waals surface area contributed by atoms with Crippen molar-refractivity contribution in [1.29, 1.82) is 0 Å². The van der Waals surface area contributed by atoms with Gasteiger partial charge in [0.1, 0.15) is 5.82 Å². The van der Waals surface area contributed by atoms with Gasteiger partial charge in [0.05, 0.1) is 18.8 Å². The van der Waals surface area contributed by atoms with Crippen molar-refractivity contribution in [2.45, 2.75) is 32.6 Å². The molecule has 0 saturated carbocycles. The molecule has 4 rings (SSSR count). The van der Waals surface area contributed by atoms with E-state index in [1.807, 2.05) is 0 Å².